The third-order valence-corrected chi connectivity index (χ3v) is 5.04. The molecule has 0 amide bonds. The maximum atomic E-state index is 12.5. The van der Waals surface area contributed by atoms with Crippen LogP contribution in [0.25, 0.3) is 0 Å². The lowest BCUT2D eigenvalue weighted by Crippen LogP contribution is -2.46. The second kappa shape index (κ2) is 8.98. The molecular formula is C24H28O6. The molecule has 6 nitrogen and oxygen atoms in total. The Morgan fingerprint density at radius 1 is 0.667 bits per heavy atom. The Kier molecular flexibility index (Phi) is 6.58. The Morgan fingerprint density at radius 3 is 1.23 bits per heavy atom. The molecule has 1 aliphatic rings. The molecule has 2 aromatic rings. The van der Waals surface area contributed by atoms with E-state index in [4.69, 9.17) is 18.9 Å². The van der Waals surface area contributed by atoms with E-state index >= 15 is 0 Å². The zero-order chi connectivity index (χ0) is 22.0. The van der Waals surface area contributed by atoms with Crippen molar-refractivity contribution in [3.05, 3.63) is 57.6 Å². The predicted molar refractivity (Wildman–Crippen MR) is 112 cm³/mol. The van der Waals surface area contributed by atoms with Crippen molar-refractivity contribution in [2.24, 2.45) is 0 Å². The highest BCUT2D eigenvalue weighted by Crippen LogP contribution is 2.27. The molecule has 0 saturated carbocycles. The van der Waals surface area contributed by atoms with E-state index in [9.17, 15) is 9.59 Å². The first-order valence-electron chi connectivity index (χ1n) is 9.98. The second-order valence-corrected chi connectivity index (χ2v) is 7.94. The minimum atomic E-state index is -0.892. The lowest BCUT2D eigenvalue weighted by atomic mass is 10.1. The summed E-state index contributed by atoms with van der Waals surface area (Å²) in [6.45, 7) is 11.4. The largest absolute Gasteiger partial charge is 0.424 e. The van der Waals surface area contributed by atoms with Gasteiger partial charge in [0, 0.05) is 0 Å². The van der Waals surface area contributed by atoms with E-state index < -0.39 is 24.1 Å². The highest BCUT2D eigenvalue weighted by atomic mass is 16.6. The van der Waals surface area contributed by atoms with Gasteiger partial charge < -0.3 is 18.9 Å². The standard InChI is InChI=1S/C24H28O6/c1-13-7-15(3)21(16(4)8-13)29-23(25)19-11-28-20(12-27-19)24(26)30-22-17(5)9-14(2)10-18(22)6/h7-10,19-20H,11-12H2,1-6H3. The average Bonchev–Trinajstić information content (AvgIpc) is 2.67. The van der Waals surface area contributed by atoms with E-state index in [0.717, 1.165) is 33.4 Å². The molecule has 0 spiro atoms. The summed E-state index contributed by atoms with van der Waals surface area (Å²) in [5.74, 6) is -0.0219. The molecule has 2 aromatic carbocycles. The molecule has 30 heavy (non-hydrogen) atoms. The minimum Gasteiger partial charge on any atom is -0.424 e. The van der Waals surface area contributed by atoms with Crippen LogP contribution in [0.2, 0.25) is 0 Å². The normalized spacial score (nSPS) is 18.7. The average molecular weight is 412 g/mol. The van der Waals surface area contributed by atoms with Gasteiger partial charge in [0.25, 0.3) is 0 Å². The van der Waals surface area contributed by atoms with Crippen LogP contribution in [-0.2, 0) is 19.1 Å². The number of esters is 2. The van der Waals surface area contributed by atoms with Gasteiger partial charge in [0.2, 0.25) is 0 Å². The van der Waals surface area contributed by atoms with Crippen molar-refractivity contribution in [3.8, 4) is 11.5 Å². The number of carbonyl (C=O) groups excluding carboxylic acids is 2. The third-order valence-electron chi connectivity index (χ3n) is 5.04. The summed E-state index contributed by atoms with van der Waals surface area (Å²) in [7, 11) is 0. The summed E-state index contributed by atoms with van der Waals surface area (Å²) in [6, 6.07) is 7.81. The molecule has 6 heteroatoms. The summed E-state index contributed by atoms with van der Waals surface area (Å²) in [5, 5.41) is 0. The first-order chi connectivity index (χ1) is 14.2. The number of benzene rings is 2. The lowest BCUT2D eigenvalue weighted by molar-refractivity contribution is -0.184. The maximum absolute atomic E-state index is 12.5. The lowest BCUT2D eigenvalue weighted by Gasteiger charge is -2.27. The topological polar surface area (TPSA) is 71.1 Å². The van der Waals surface area contributed by atoms with Gasteiger partial charge in [0.1, 0.15) is 11.5 Å². The molecule has 3 rings (SSSR count). The number of hydrogen-bond acceptors (Lipinski definition) is 6. The zero-order valence-electron chi connectivity index (χ0n) is 18.3. The van der Waals surface area contributed by atoms with Crippen molar-refractivity contribution in [1.29, 1.82) is 0 Å². The summed E-state index contributed by atoms with van der Waals surface area (Å²) in [6.07, 6.45) is -1.78. The van der Waals surface area contributed by atoms with E-state index in [1.54, 1.807) is 0 Å². The van der Waals surface area contributed by atoms with E-state index in [1.165, 1.54) is 0 Å². The van der Waals surface area contributed by atoms with Gasteiger partial charge in [-0.2, -0.15) is 0 Å². The van der Waals surface area contributed by atoms with Gasteiger partial charge in [-0.15, -0.1) is 0 Å². The van der Waals surface area contributed by atoms with Crippen molar-refractivity contribution in [2.75, 3.05) is 13.2 Å². The van der Waals surface area contributed by atoms with Crippen LogP contribution in [0.4, 0.5) is 0 Å². The number of rotatable bonds is 4. The zero-order valence-corrected chi connectivity index (χ0v) is 18.3. The van der Waals surface area contributed by atoms with Crippen LogP contribution in [0.5, 0.6) is 11.5 Å². The van der Waals surface area contributed by atoms with Gasteiger partial charge in [-0.05, 0) is 63.8 Å². The molecule has 0 radical (unpaired) electrons. The molecule has 160 valence electrons. The van der Waals surface area contributed by atoms with Crippen LogP contribution in [0, 0.1) is 41.5 Å². The summed E-state index contributed by atoms with van der Waals surface area (Å²) in [4.78, 5) is 25.0. The van der Waals surface area contributed by atoms with Crippen molar-refractivity contribution in [3.63, 3.8) is 0 Å². The minimum absolute atomic E-state index is 0.0750. The molecule has 0 aromatic heterocycles. The molecule has 0 N–H and O–H groups in total. The van der Waals surface area contributed by atoms with Crippen molar-refractivity contribution in [1.82, 2.24) is 0 Å². The van der Waals surface area contributed by atoms with Gasteiger partial charge >= 0.3 is 11.9 Å². The SMILES string of the molecule is Cc1cc(C)c(OC(=O)C2COC(C(=O)Oc3c(C)cc(C)cc3C)CO2)c(C)c1. The third kappa shape index (κ3) is 4.89. The van der Waals surface area contributed by atoms with Crippen LogP contribution in [-0.4, -0.2) is 37.4 Å². The second-order valence-electron chi connectivity index (χ2n) is 7.94. The van der Waals surface area contributed by atoms with E-state index in [2.05, 4.69) is 0 Å². The van der Waals surface area contributed by atoms with E-state index in [-0.39, 0.29) is 13.2 Å². The Morgan fingerprint density at radius 2 is 0.967 bits per heavy atom. The predicted octanol–water partition coefficient (Wildman–Crippen LogP) is 3.83. The van der Waals surface area contributed by atoms with Crippen LogP contribution in [0.3, 0.4) is 0 Å². The fourth-order valence-electron chi connectivity index (χ4n) is 3.76. The van der Waals surface area contributed by atoms with Crippen LogP contribution in [0.15, 0.2) is 24.3 Å². The fourth-order valence-corrected chi connectivity index (χ4v) is 3.76. The quantitative estimate of drug-likeness (QED) is 0.561. The Balaban J connectivity index is 1.58. The number of ether oxygens (including phenoxy) is 4. The first-order valence-corrected chi connectivity index (χ1v) is 9.98. The molecule has 1 saturated heterocycles. The highest BCUT2D eigenvalue weighted by molar-refractivity contribution is 5.80. The summed E-state index contributed by atoms with van der Waals surface area (Å²) >= 11 is 0. The van der Waals surface area contributed by atoms with Gasteiger partial charge in [0.05, 0.1) is 13.2 Å². The van der Waals surface area contributed by atoms with Gasteiger partial charge in [-0.3, -0.25) is 0 Å². The summed E-state index contributed by atoms with van der Waals surface area (Å²) in [5.41, 5.74) is 5.71. The molecule has 1 fully saturated rings. The van der Waals surface area contributed by atoms with E-state index in [1.807, 2.05) is 65.8 Å². The monoisotopic (exact) mass is 412 g/mol. The molecule has 1 heterocycles. The van der Waals surface area contributed by atoms with Crippen LogP contribution in [0.1, 0.15) is 33.4 Å². The Labute approximate surface area is 177 Å². The summed E-state index contributed by atoms with van der Waals surface area (Å²) < 4.78 is 22.2. The number of aryl methyl sites for hydroxylation is 6. The molecule has 1 aliphatic heterocycles. The highest BCUT2D eigenvalue weighted by Gasteiger charge is 2.34. The first kappa shape index (κ1) is 22.0. The molecule has 2 atom stereocenters. The van der Waals surface area contributed by atoms with Crippen LogP contribution < -0.4 is 9.47 Å². The number of carbonyl (C=O) groups is 2. The fraction of sp³-hybridized carbons (Fsp3) is 0.417. The van der Waals surface area contributed by atoms with Crippen LogP contribution >= 0.6 is 0 Å². The maximum Gasteiger partial charge on any atom is 0.343 e. The van der Waals surface area contributed by atoms with Crippen molar-refractivity contribution in [2.45, 2.75) is 53.8 Å². The Hall–Kier alpha value is -2.70. The van der Waals surface area contributed by atoms with Gasteiger partial charge in [-0.25, -0.2) is 9.59 Å². The van der Waals surface area contributed by atoms with Gasteiger partial charge in [-0.1, -0.05) is 35.4 Å². The number of hydrogen-bond donors (Lipinski definition) is 0. The molecular weight excluding hydrogens is 384 g/mol. The van der Waals surface area contributed by atoms with Gasteiger partial charge in [0.15, 0.2) is 12.2 Å². The molecule has 0 bridgehead atoms. The van der Waals surface area contributed by atoms with Crippen molar-refractivity contribution < 1.29 is 28.5 Å². The molecule has 2 unspecified atom stereocenters. The smallest absolute Gasteiger partial charge is 0.343 e. The molecule has 0 aliphatic carbocycles. The van der Waals surface area contributed by atoms with E-state index in [0.29, 0.717) is 11.5 Å². The Bertz CT molecular complexity index is 844. The van der Waals surface area contributed by atoms with Crippen molar-refractivity contribution >= 4 is 11.9 Å².